The minimum atomic E-state index is -0.594. The van der Waals surface area contributed by atoms with Gasteiger partial charge in [0.2, 0.25) is 0 Å². The smallest absolute Gasteiger partial charge is 0.115 e. The molecule has 0 saturated heterocycles. The van der Waals surface area contributed by atoms with Gasteiger partial charge in [0.1, 0.15) is 5.76 Å². The van der Waals surface area contributed by atoms with Crippen LogP contribution in [0.4, 0.5) is 0 Å². The van der Waals surface area contributed by atoms with Crippen molar-refractivity contribution in [3.8, 4) is 0 Å². The largest absolute Gasteiger partial charge is 0.508 e. The third kappa shape index (κ3) is 2.70. The maximum Gasteiger partial charge on any atom is 0.115 e. The second kappa shape index (κ2) is 5.37. The van der Waals surface area contributed by atoms with Gasteiger partial charge in [-0.25, -0.2) is 0 Å². The van der Waals surface area contributed by atoms with Crippen molar-refractivity contribution in [2.24, 2.45) is 5.92 Å². The molecule has 0 spiro atoms. The number of hydrogen-bond acceptors (Lipinski definition) is 2. The Hall–Kier alpha value is -1.54. The normalized spacial score (nSPS) is 26.8. The number of aliphatic hydroxyl groups excluding tert-OH is 2. The molecule has 2 unspecified atom stereocenters. The van der Waals surface area contributed by atoms with Gasteiger partial charge in [0.15, 0.2) is 0 Å². The van der Waals surface area contributed by atoms with Crippen molar-refractivity contribution in [2.45, 2.75) is 13.0 Å². The monoisotopic (exact) mass is 204 g/mol. The molecule has 0 aliphatic heterocycles. The quantitative estimate of drug-likeness (QED) is 0.548. The molecule has 0 aromatic carbocycles. The van der Waals surface area contributed by atoms with Gasteiger partial charge in [-0.2, -0.15) is 0 Å². The summed E-state index contributed by atoms with van der Waals surface area (Å²) in [4.78, 5) is 0. The molecule has 0 saturated carbocycles. The van der Waals surface area contributed by atoms with E-state index in [0.29, 0.717) is 5.57 Å². The molecule has 0 aromatic rings. The molecule has 2 atom stereocenters. The molecule has 1 aliphatic rings. The zero-order chi connectivity index (χ0) is 11.3. The molecule has 2 heteroatoms. The zero-order valence-corrected chi connectivity index (χ0v) is 8.80. The molecule has 0 bridgehead atoms. The van der Waals surface area contributed by atoms with E-state index in [2.05, 4.69) is 6.58 Å². The van der Waals surface area contributed by atoms with Crippen molar-refractivity contribution in [1.82, 2.24) is 0 Å². The van der Waals surface area contributed by atoms with Gasteiger partial charge in [0, 0.05) is 11.5 Å². The van der Waals surface area contributed by atoms with Gasteiger partial charge < -0.3 is 10.2 Å². The summed E-state index contributed by atoms with van der Waals surface area (Å²) >= 11 is 0. The van der Waals surface area contributed by atoms with Crippen LogP contribution in [0.2, 0.25) is 0 Å². The molecule has 80 valence electrons. The van der Waals surface area contributed by atoms with Crippen LogP contribution >= 0.6 is 0 Å². The van der Waals surface area contributed by atoms with Crippen LogP contribution in [-0.4, -0.2) is 16.3 Å². The lowest BCUT2D eigenvalue weighted by atomic mass is 9.88. The Morgan fingerprint density at radius 3 is 2.53 bits per heavy atom. The van der Waals surface area contributed by atoms with Gasteiger partial charge in [-0.05, 0) is 13.0 Å². The highest BCUT2D eigenvalue weighted by Gasteiger charge is 2.21. The minimum absolute atomic E-state index is 0.180. The lowest BCUT2D eigenvalue weighted by molar-refractivity contribution is 0.187. The highest BCUT2D eigenvalue weighted by atomic mass is 16.3. The average Bonchev–Trinajstić information content (AvgIpc) is 2.26. The van der Waals surface area contributed by atoms with Gasteiger partial charge in [0.25, 0.3) is 0 Å². The standard InChI is InChI=1S/C13H16O2/c1-3-7-10(12(14)4-2)11-8-5-6-9-13(11)15/h3-9,11,13-15H,1H2,2H3/b10-7-,12-4+. The summed E-state index contributed by atoms with van der Waals surface area (Å²) in [6.45, 7) is 5.35. The van der Waals surface area contributed by atoms with Crippen LogP contribution < -0.4 is 0 Å². The van der Waals surface area contributed by atoms with Crippen LogP contribution in [0.3, 0.4) is 0 Å². The van der Waals surface area contributed by atoms with Crippen LogP contribution in [-0.2, 0) is 0 Å². The fraction of sp³-hybridized carbons (Fsp3) is 0.231. The molecule has 0 radical (unpaired) electrons. The molecule has 1 rings (SSSR count). The summed E-state index contributed by atoms with van der Waals surface area (Å²) in [5.41, 5.74) is 0.681. The fourth-order valence-electron chi connectivity index (χ4n) is 1.54. The molecular weight excluding hydrogens is 188 g/mol. The van der Waals surface area contributed by atoms with Crippen LogP contribution in [0.5, 0.6) is 0 Å². The molecule has 1 aliphatic carbocycles. The fourth-order valence-corrected chi connectivity index (χ4v) is 1.54. The van der Waals surface area contributed by atoms with Gasteiger partial charge in [-0.1, -0.05) is 43.0 Å². The number of hydrogen-bond donors (Lipinski definition) is 2. The highest BCUT2D eigenvalue weighted by Crippen LogP contribution is 2.26. The Balaban J connectivity index is 3.00. The third-order valence-corrected chi connectivity index (χ3v) is 2.33. The predicted molar refractivity (Wildman–Crippen MR) is 62.4 cm³/mol. The van der Waals surface area contributed by atoms with Crippen molar-refractivity contribution in [3.63, 3.8) is 0 Å². The summed E-state index contributed by atoms with van der Waals surface area (Å²) in [6.07, 6.45) is 11.5. The Morgan fingerprint density at radius 1 is 1.33 bits per heavy atom. The summed E-state index contributed by atoms with van der Waals surface area (Å²) < 4.78 is 0. The van der Waals surface area contributed by atoms with Crippen molar-refractivity contribution < 1.29 is 10.2 Å². The SMILES string of the molecule is C=C/C=C(\C(O)=C/C)C1C=CC=CC1O. The first-order chi connectivity index (χ1) is 7.20. The molecule has 15 heavy (non-hydrogen) atoms. The van der Waals surface area contributed by atoms with Gasteiger partial charge in [-0.15, -0.1) is 0 Å². The Bertz CT molecular complexity index is 346. The van der Waals surface area contributed by atoms with E-state index in [0.717, 1.165) is 0 Å². The Labute approximate surface area is 90.3 Å². The van der Waals surface area contributed by atoms with Crippen molar-refractivity contribution in [3.05, 3.63) is 60.4 Å². The highest BCUT2D eigenvalue weighted by molar-refractivity contribution is 5.37. The topological polar surface area (TPSA) is 40.5 Å². The van der Waals surface area contributed by atoms with Crippen molar-refractivity contribution >= 4 is 0 Å². The minimum Gasteiger partial charge on any atom is -0.508 e. The lowest BCUT2D eigenvalue weighted by Gasteiger charge is -2.22. The van der Waals surface area contributed by atoms with Crippen molar-refractivity contribution in [2.75, 3.05) is 0 Å². The van der Waals surface area contributed by atoms with Gasteiger partial charge >= 0.3 is 0 Å². The molecule has 2 N–H and O–H groups in total. The molecule has 0 aromatic heterocycles. The van der Waals surface area contributed by atoms with Crippen molar-refractivity contribution in [1.29, 1.82) is 0 Å². The maximum atomic E-state index is 9.76. The first kappa shape index (κ1) is 11.5. The number of rotatable bonds is 3. The molecule has 2 nitrogen and oxygen atoms in total. The molecule has 0 fully saturated rings. The summed E-state index contributed by atoms with van der Waals surface area (Å²) in [5, 5.41) is 19.5. The summed E-state index contributed by atoms with van der Waals surface area (Å²) in [7, 11) is 0. The first-order valence-corrected chi connectivity index (χ1v) is 4.92. The molecule has 0 amide bonds. The molecular formula is C13H16O2. The van der Waals surface area contributed by atoms with Crippen LogP contribution in [0.25, 0.3) is 0 Å². The van der Waals surface area contributed by atoms with E-state index < -0.39 is 6.10 Å². The van der Waals surface area contributed by atoms with E-state index in [1.807, 2.05) is 12.2 Å². The van der Waals surface area contributed by atoms with Crippen LogP contribution in [0.1, 0.15) is 6.92 Å². The first-order valence-electron chi connectivity index (χ1n) is 4.92. The Kier molecular flexibility index (Phi) is 4.13. The van der Waals surface area contributed by atoms with Crippen LogP contribution in [0, 0.1) is 5.92 Å². The summed E-state index contributed by atoms with van der Waals surface area (Å²) in [6, 6.07) is 0. The van der Waals surface area contributed by atoms with Gasteiger partial charge in [0.05, 0.1) is 6.10 Å². The number of aliphatic hydroxyl groups is 2. The Morgan fingerprint density at radius 2 is 2.00 bits per heavy atom. The lowest BCUT2D eigenvalue weighted by Crippen LogP contribution is -2.21. The van der Waals surface area contributed by atoms with Crippen LogP contribution in [0.15, 0.2) is 60.4 Å². The predicted octanol–water partition coefficient (Wildman–Crippen LogP) is 2.66. The number of allylic oxidation sites excluding steroid dienone is 6. The maximum absolute atomic E-state index is 9.76. The van der Waals surface area contributed by atoms with E-state index in [9.17, 15) is 10.2 Å². The third-order valence-electron chi connectivity index (χ3n) is 2.33. The van der Waals surface area contributed by atoms with E-state index >= 15 is 0 Å². The second-order valence-corrected chi connectivity index (χ2v) is 3.32. The molecule has 0 heterocycles. The summed E-state index contributed by atoms with van der Waals surface area (Å²) in [5.74, 6) is -0.0249. The second-order valence-electron chi connectivity index (χ2n) is 3.32. The zero-order valence-electron chi connectivity index (χ0n) is 8.80. The van der Waals surface area contributed by atoms with E-state index in [1.54, 1.807) is 37.3 Å². The van der Waals surface area contributed by atoms with E-state index in [-0.39, 0.29) is 11.7 Å². The van der Waals surface area contributed by atoms with Gasteiger partial charge in [-0.3, -0.25) is 0 Å². The van der Waals surface area contributed by atoms with E-state index in [1.165, 1.54) is 0 Å². The van der Waals surface area contributed by atoms with E-state index in [4.69, 9.17) is 0 Å². The average molecular weight is 204 g/mol.